The molecular weight excluding hydrogens is 258 g/mol. The van der Waals surface area contributed by atoms with E-state index in [-0.39, 0.29) is 30.8 Å². The molecule has 2 saturated carbocycles. The number of nitrogens with one attached hydrogen (secondary N) is 1. The van der Waals surface area contributed by atoms with Crippen LogP contribution in [0.3, 0.4) is 0 Å². The Morgan fingerprint density at radius 3 is 2.40 bits per heavy atom. The van der Waals surface area contributed by atoms with Gasteiger partial charge in [-0.05, 0) is 26.7 Å². The molecule has 3 fully saturated rings. The fourth-order valence-electron chi connectivity index (χ4n) is 4.06. The van der Waals surface area contributed by atoms with E-state index < -0.39 is 11.9 Å². The van der Waals surface area contributed by atoms with Gasteiger partial charge in [0.2, 0.25) is 0 Å². The molecule has 5 atom stereocenters. The highest BCUT2D eigenvalue weighted by Gasteiger charge is 2.58. The highest BCUT2D eigenvalue weighted by atomic mass is 16.8. The number of ether oxygens (including phenoxy) is 2. The number of hydrogen-bond acceptors (Lipinski definition) is 5. The zero-order valence-electron chi connectivity index (χ0n) is 12.4. The Morgan fingerprint density at radius 2 is 1.75 bits per heavy atom. The molecule has 1 heterocycles. The predicted octanol–water partition coefficient (Wildman–Crippen LogP) is 0.780. The fraction of sp³-hybridized carbons (Fsp3) is 1.00. The van der Waals surface area contributed by atoms with Gasteiger partial charge in [-0.1, -0.05) is 19.3 Å². The average Bonchev–Trinajstić information content (AvgIpc) is 2.85. The van der Waals surface area contributed by atoms with Gasteiger partial charge < -0.3 is 25.0 Å². The highest BCUT2D eigenvalue weighted by molar-refractivity contribution is 5.07. The van der Waals surface area contributed by atoms with Crippen LogP contribution in [0.15, 0.2) is 0 Å². The summed E-state index contributed by atoms with van der Waals surface area (Å²) in [5.74, 6) is -0.766. The Labute approximate surface area is 120 Å². The Kier molecular flexibility index (Phi) is 4.08. The van der Waals surface area contributed by atoms with E-state index >= 15 is 0 Å². The minimum absolute atomic E-state index is 0.0159. The Hall–Kier alpha value is -0.200. The third-order valence-corrected chi connectivity index (χ3v) is 5.00. The fourth-order valence-corrected chi connectivity index (χ4v) is 4.06. The van der Waals surface area contributed by atoms with Gasteiger partial charge in [0.05, 0.1) is 18.8 Å². The summed E-state index contributed by atoms with van der Waals surface area (Å²) in [5, 5.41) is 23.8. The zero-order valence-corrected chi connectivity index (χ0v) is 12.4. The summed E-state index contributed by atoms with van der Waals surface area (Å²) in [5.41, 5.74) is 0. The molecule has 20 heavy (non-hydrogen) atoms. The van der Waals surface area contributed by atoms with E-state index in [0.29, 0.717) is 6.04 Å². The Balaban J connectivity index is 1.69. The van der Waals surface area contributed by atoms with E-state index in [1.807, 2.05) is 13.8 Å². The van der Waals surface area contributed by atoms with Crippen molar-refractivity contribution in [2.75, 3.05) is 6.61 Å². The molecule has 5 heteroatoms. The summed E-state index contributed by atoms with van der Waals surface area (Å²) in [6.45, 7) is 3.73. The van der Waals surface area contributed by atoms with Crippen LogP contribution in [0, 0.1) is 5.92 Å². The summed E-state index contributed by atoms with van der Waals surface area (Å²) >= 11 is 0. The van der Waals surface area contributed by atoms with Crippen molar-refractivity contribution in [3.63, 3.8) is 0 Å². The molecule has 0 aromatic heterocycles. The van der Waals surface area contributed by atoms with E-state index in [1.165, 1.54) is 19.3 Å². The minimum atomic E-state index is -0.667. The summed E-state index contributed by atoms with van der Waals surface area (Å²) in [6.07, 6.45) is 4.96. The molecule has 3 aliphatic rings. The molecule has 3 rings (SSSR count). The van der Waals surface area contributed by atoms with Crippen molar-refractivity contribution < 1.29 is 19.7 Å². The largest absolute Gasteiger partial charge is 0.396 e. The van der Waals surface area contributed by atoms with Crippen LogP contribution in [0.4, 0.5) is 0 Å². The third kappa shape index (κ3) is 2.62. The second kappa shape index (κ2) is 5.54. The summed E-state index contributed by atoms with van der Waals surface area (Å²) < 4.78 is 11.7. The number of rotatable bonds is 3. The van der Waals surface area contributed by atoms with Gasteiger partial charge in [0.1, 0.15) is 6.10 Å². The molecule has 3 N–H and O–H groups in total. The van der Waals surface area contributed by atoms with Crippen LogP contribution in [0.5, 0.6) is 0 Å². The lowest BCUT2D eigenvalue weighted by Crippen LogP contribution is -2.50. The maximum absolute atomic E-state index is 10.5. The van der Waals surface area contributed by atoms with Crippen LogP contribution < -0.4 is 5.32 Å². The number of hydrogen-bond donors (Lipinski definition) is 3. The minimum Gasteiger partial charge on any atom is -0.396 e. The van der Waals surface area contributed by atoms with Gasteiger partial charge in [-0.2, -0.15) is 0 Å². The zero-order chi connectivity index (χ0) is 14.3. The van der Waals surface area contributed by atoms with Crippen LogP contribution in [0.25, 0.3) is 0 Å². The molecule has 5 nitrogen and oxygen atoms in total. The predicted molar refractivity (Wildman–Crippen MR) is 74.2 cm³/mol. The molecule has 0 unspecified atom stereocenters. The first-order chi connectivity index (χ1) is 9.52. The molecule has 0 spiro atoms. The summed E-state index contributed by atoms with van der Waals surface area (Å²) in [7, 11) is 0. The Bertz CT molecular complexity index is 343. The molecule has 1 aliphatic heterocycles. The van der Waals surface area contributed by atoms with Crippen molar-refractivity contribution >= 4 is 0 Å². The van der Waals surface area contributed by atoms with Crippen molar-refractivity contribution in [1.82, 2.24) is 5.32 Å². The first kappa shape index (κ1) is 14.7. The number of fused-ring (bicyclic) bond motifs is 1. The van der Waals surface area contributed by atoms with E-state index in [0.717, 1.165) is 12.8 Å². The van der Waals surface area contributed by atoms with Crippen LogP contribution in [0.1, 0.15) is 46.0 Å². The lowest BCUT2D eigenvalue weighted by Gasteiger charge is -2.33. The Morgan fingerprint density at radius 1 is 1.10 bits per heavy atom. The van der Waals surface area contributed by atoms with Crippen LogP contribution in [-0.4, -0.2) is 53.0 Å². The monoisotopic (exact) mass is 285 g/mol. The molecule has 0 bridgehead atoms. The van der Waals surface area contributed by atoms with E-state index in [4.69, 9.17) is 9.47 Å². The second-order valence-electron chi connectivity index (χ2n) is 6.93. The number of aliphatic hydroxyl groups excluding tert-OH is 2. The normalized spacial score (nSPS) is 44.7. The van der Waals surface area contributed by atoms with Gasteiger partial charge in [-0.3, -0.25) is 0 Å². The van der Waals surface area contributed by atoms with Gasteiger partial charge in [0.15, 0.2) is 5.79 Å². The van der Waals surface area contributed by atoms with Crippen molar-refractivity contribution in [3.8, 4) is 0 Å². The van der Waals surface area contributed by atoms with Gasteiger partial charge in [-0.25, -0.2) is 0 Å². The van der Waals surface area contributed by atoms with Crippen LogP contribution in [0.2, 0.25) is 0 Å². The first-order valence-corrected chi connectivity index (χ1v) is 7.92. The maximum Gasteiger partial charge on any atom is 0.163 e. The molecular formula is C15H27NO4. The molecule has 116 valence electrons. The first-order valence-electron chi connectivity index (χ1n) is 7.92. The second-order valence-corrected chi connectivity index (χ2v) is 6.93. The van der Waals surface area contributed by atoms with Crippen LogP contribution in [-0.2, 0) is 9.47 Å². The van der Waals surface area contributed by atoms with Crippen molar-refractivity contribution in [2.45, 2.75) is 82.1 Å². The summed E-state index contributed by atoms with van der Waals surface area (Å²) in [6, 6.07) is 0.318. The highest BCUT2D eigenvalue weighted by Crippen LogP contribution is 2.42. The molecule has 0 amide bonds. The van der Waals surface area contributed by atoms with E-state index in [1.54, 1.807) is 0 Å². The quantitative estimate of drug-likeness (QED) is 0.715. The third-order valence-electron chi connectivity index (χ3n) is 5.00. The smallest absolute Gasteiger partial charge is 0.163 e. The van der Waals surface area contributed by atoms with E-state index in [2.05, 4.69) is 5.32 Å². The lowest BCUT2D eigenvalue weighted by atomic mass is 9.93. The molecule has 0 radical (unpaired) electrons. The average molecular weight is 285 g/mol. The molecule has 1 saturated heterocycles. The lowest BCUT2D eigenvalue weighted by molar-refractivity contribution is -0.172. The van der Waals surface area contributed by atoms with Gasteiger partial charge in [-0.15, -0.1) is 0 Å². The van der Waals surface area contributed by atoms with Crippen molar-refractivity contribution in [1.29, 1.82) is 0 Å². The van der Waals surface area contributed by atoms with Gasteiger partial charge in [0, 0.05) is 18.0 Å². The van der Waals surface area contributed by atoms with Crippen molar-refractivity contribution in [2.24, 2.45) is 5.92 Å². The van der Waals surface area contributed by atoms with E-state index in [9.17, 15) is 10.2 Å². The topological polar surface area (TPSA) is 71.0 Å². The molecule has 0 aromatic carbocycles. The standard InChI is InChI=1S/C15H27NO4/c1-15(2)19-13-10(8-17)11(12(18)14(13)20-15)16-9-6-4-3-5-7-9/h9-14,16-18H,3-8H2,1-2H3/t10-,11+,12-,13-,14+/m0/s1. The SMILES string of the molecule is CC1(C)O[C@@H]2[C@@H](O)[C@H](NC3CCCCC3)[C@H](CO)[C@@H]2O1. The summed E-state index contributed by atoms with van der Waals surface area (Å²) in [4.78, 5) is 0. The maximum atomic E-state index is 10.5. The molecule has 0 aromatic rings. The van der Waals surface area contributed by atoms with Crippen molar-refractivity contribution in [3.05, 3.63) is 0 Å². The van der Waals surface area contributed by atoms with Crippen LogP contribution >= 0.6 is 0 Å². The van der Waals surface area contributed by atoms with Gasteiger partial charge in [0.25, 0.3) is 0 Å². The van der Waals surface area contributed by atoms with Gasteiger partial charge >= 0.3 is 0 Å². The molecule has 2 aliphatic carbocycles. The number of aliphatic hydroxyl groups is 2.